The van der Waals surface area contributed by atoms with E-state index in [1.165, 1.54) is 18.0 Å². The van der Waals surface area contributed by atoms with E-state index in [1.807, 2.05) is 6.92 Å². The van der Waals surface area contributed by atoms with Gasteiger partial charge in [-0.2, -0.15) is 0 Å². The molecule has 1 N–H and O–H groups in total. The number of rotatable bonds is 4. The number of amides is 1. The van der Waals surface area contributed by atoms with Crippen LogP contribution in [0.2, 0.25) is 0 Å². The predicted octanol–water partition coefficient (Wildman–Crippen LogP) is 2.15. The summed E-state index contributed by atoms with van der Waals surface area (Å²) in [5.74, 6) is -0.0222. The molecule has 16 heavy (non-hydrogen) atoms. The summed E-state index contributed by atoms with van der Waals surface area (Å²) in [5.41, 5.74) is 0.762. The number of hydrogen-bond donors (Lipinski definition) is 1. The number of aryl methyl sites for hydroxylation is 1. The summed E-state index contributed by atoms with van der Waals surface area (Å²) in [6.45, 7) is 1.98. The molecule has 0 aliphatic heterocycles. The number of hydrogen-bond acceptors (Lipinski definition) is 4. The van der Waals surface area contributed by atoms with Gasteiger partial charge in [-0.25, -0.2) is 0 Å². The van der Waals surface area contributed by atoms with Gasteiger partial charge in [0.05, 0.1) is 11.2 Å². The molecule has 0 aromatic carbocycles. The van der Waals surface area contributed by atoms with E-state index in [-0.39, 0.29) is 11.4 Å². The molecular weight excluding hydrogens is 290 g/mol. The summed E-state index contributed by atoms with van der Waals surface area (Å²) in [5, 5.41) is 7.87. The maximum absolute atomic E-state index is 12.1. The van der Waals surface area contributed by atoms with Gasteiger partial charge in [-0.05, 0) is 37.2 Å². The van der Waals surface area contributed by atoms with E-state index >= 15 is 0 Å². The summed E-state index contributed by atoms with van der Waals surface area (Å²) in [6, 6.07) is 0. The van der Waals surface area contributed by atoms with Crippen molar-refractivity contribution in [3.05, 3.63) is 10.6 Å². The predicted molar refractivity (Wildman–Crippen MR) is 67.1 cm³/mol. The molecule has 88 valence electrons. The van der Waals surface area contributed by atoms with Crippen molar-refractivity contribution < 1.29 is 4.79 Å². The van der Waals surface area contributed by atoms with Crippen LogP contribution in [-0.2, 0) is 6.42 Å². The molecular formula is C10H14BrN3OS. The SMILES string of the molecule is CCc1nnsc1C(=O)NC1(CBr)CCC1. The smallest absolute Gasteiger partial charge is 0.265 e. The van der Waals surface area contributed by atoms with Crippen molar-refractivity contribution in [1.29, 1.82) is 0 Å². The second-order valence-electron chi connectivity index (χ2n) is 4.12. The Labute approximate surface area is 107 Å². The van der Waals surface area contributed by atoms with Crippen LogP contribution in [0.5, 0.6) is 0 Å². The summed E-state index contributed by atoms with van der Waals surface area (Å²) in [7, 11) is 0. The minimum atomic E-state index is -0.0356. The Balaban J connectivity index is 2.08. The molecule has 4 nitrogen and oxygen atoms in total. The summed E-state index contributed by atoms with van der Waals surface area (Å²) < 4.78 is 3.83. The van der Waals surface area contributed by atoms with Crippen molar-refractivity contribution in [2.75, 3.05) is 5.33 Å². The van der Waals surface area contributed by atoms with Crippen molar-refractivity contribution in [3.63, 3.8) is 0 Å². The third-order valence-corrected chi connectivity index (χ3v) is 4.88. The van der Waals surface area contributed by atoms with Crippen LogP contribution in [0.15, 0.2) is 0 Å². The fourth-order valence-electron chi connectivity index (χ4n) is 1.81. The lowest BCUT2D eigenvalue weighted by Crippen LogP contribution is -2.54. The van der Waals surface area contributed by atoms with E-state index in [4.69, 9.17) is 0 Å². The lowest BCUT2D eigenvalue weighted by Gasteiger charge is -2.41. The highest BCUT2D eigenvalue weighted by Gasteiger charge is 2.38. The average Bonchev–Trinajstić information content (AvgIpc) is 2.71. The van der Waals surface area contributed by atoms with Crippen molar-refractivity contribution in [2.45, 2.75) is 38.1 Å². The molecule has 1 aromatic rings. The molecule has 1 amide bonds. The molecule has 1 fully saturated rings. The molecule has 1 saturated carbocycles. The van der Waals surface area contributed by atoms with Crippen LogP contribution < -0.4 is 5.32 Å². The number of nitrogens with zero attached hydrogens (tertiary/aromatic N) is 2. The van der Waals surface area contributed by atoms with Crippen LogP contribution in [-0.4, -0.2) is 26.4 Å². The summed E-state index contributed by atoms with van der Waals surface area (Å²) >= 11 is 4.65. The van der Waals surface area contributed by atoms with Gasteiger partial charge >= 0.3 is 0 Å². The van der Waals surface area contributed by atoms with Gasteiger partial charge in [0.2, 0.25) is 0 Å². The monoisotopic (exact) mass is 303 g/mol. The second kappa shape index (κ2) is 4.79. The van der Waals surface area contributed by atoms with Gasteiger partial charge in [0, 0.05) is 5.33 Å². The quantitative estimate of drug-likeness (QED) is 0.867. The first-order valence-electron chi connectivity index (χ1n) is 5.40. The van der Waals surface area contributed by atoms with Crippen LogP contribution in [0, 0.1) is 0 Å². The Morgan fingerprint density at radius 1 is 1.62 bits per heavy atom. The third-order valence-electron chi connectivity index (χ3n) is 3.04. The van der Waals surface area contributed by atoms with E-state index in [2.05, 4.69) is 30.8 Å². The molecule has 1 aromatic heterocycles. The Hall–Kier alpha value is -0.490. The van der Waals surface area contributed by atoms with Crippen molar-refractivity contribution >= 4 is 33.4 Å². The number of halogens is 1. The van der Waals surface area contributed by atoms with Crippen LogP contribution in [0.3, 0.4) is 0 Å². The Bertz CT molecular complexity index is 384. The highest BCUT2D eigenvalue weighted by atomic mass is 79.9. The molecule has 0 atom stereocenters. The Morgan fingerprint density at radius 2 is 2.38 bits per heavy atom. The molecule has 0 unspecified atom stereocenters. The summed E-state index contributed by atoms with van der Waals surface area (Å²) in [4.78, 5) is 12.7. The number of alkyl halides is 1. The highest BCUT2D eigenvalue weighted by molar-refractivity contribution is 9.09. The number of carbonyl (C=O) groups is 1. The molecule has 1 heterocycles. The fraction of sp³-hybridized carbons (Fsp3) is 0.700. The maximum atomic E-state index is 12.1. The topological polar surface area (TPSA) is 54.9 Å². The molecule has 0 radical (unpaired) electrons. The Morgan fingerprint density at radius 3 is 2.88 bits per heavy atom. The number of nitrogens with one attached hydrogen (secondary N) is 1. The minimum absolute atomic E-state index is 0.0222. The second-order valence-corrected chi connectivity index (χ2v) is 5.44. The number of aromatic nitrogens is 2. The lowest BCUT2D eigenvalue weighted by atomic mass is 9.78. The zero-order chi connectivity index (χ0) is 11.6. The zero-order valence-electron chi connectivity index (χ0n) is 9.12. The van der Waals surface area contributed by atoms with E-state index < -0.39 is 0 Å². The Kier molecular flexibility index (Phi) is 3.59. The van der Waals surface area contributed by atoms with E-state index in [9.17, 15) is 4.79 Å². The molecule has 0 spiro atoms. The van der Waals surface area contributed by atoms with Crippen LogP contribution in [0.4, 0.5) is 0 Å². The molecule has 2 rings (SSSR count). The van der Waals surface area contributed by atoms with Gasteiger partial charge < -0.3 is 5.32 Å². The van der Waals surface area contributed by atoms with Crippen LogP contribution in [0.1, 0.15) is 41.6 Å². The molecule has 6 heteroatoms. The van der Waals surface area contributed by atoms with Gasteiger partial charge in [-0.3, -0.25) is 4.79 Å². The molecule has 0 saturated heterocycles. The normalized spacial score (nSPS) is 17.9. The average molecular weight is 304 g/mol. The van der Waals surface area contributed by atoms with E-state index in [0.717, 1.165) is 30.3 Å². The van der Waals surface area contributed by atoms with Crippen molar-refractivity contribution in [3.8, 4) is 0 Å². The van der Waals surface area contributed by atoms with Gasteiger partial charge in [0.25, 0.3) is 5.91 Å². The van der Waals surface area contributed by atoms with Gasteiger partial charge in [0.15, 0.2) is 0 Å². The molecule has 0 bridgehead atoms. The number of carbonyl (C=O) groups excluding carboxylic acids is 1. The largest absolute Gasteiger partial charge is 0.345 e. The molecule has 1 aliphatic rings. The lowest BCUT2D eigenvalue weighted by molar-refractivity contribution is 0.0859. The third kappa shape index (κ3) is 2.13. The van der Waals surface area contributed by atoms with E-state index in [1.54, 1.807) is 0 Å². The first-order chi connectivity index (χ1) is 7.71. The van der Waals surface area contributed by atoms with Gasteiger partial charge in [-0.1, -0.05) is 27.3 Å². The maximum Gasteiger partial charge on any atom is 0.265 e. The van der Waals surface area contributed by atoms with Gasteiger partial charge in [-0.15, -0.1) is 5.10 Å². The van der Waals surface area contributed by atoms with E-state index in [0.29, 0.717) is 4.88 Å². The highest BCUT2D eigenvalue weighted by Crippen LogP contribution is 2.33. The van der Waals surface area contributed by atoms with Crippen molar-refractivity contribution in [1.82, 2.24) is 14.9 Å². The van der Waals surface area contributed by atoms with Crippen LogP contribution in [0.25, 0.3) is 0 Å². The zero-order valence-corrected chi connectivity index (χ0v) is 11.5. The molecule has 1 aliphatic carbocycles. The summed E-state index contributed by atoms with van der Waals surface area (Å²) in [6.07, 6.45) is 4.05. The fourth-order valence-corrected chi connectivity index (χ4v) is 3.15. The first kappa shape index (κ1) is 12.0. The standard InChI is InChI=1S/C10H14BrN3OS/c1-2-7-8(16-14-13-7)9(15)12-10(6-11)4-3-5-10/h2-6H2,1H3,(H,12,15). The van der Waals surface area contributed by atoms with Crippen molar-refractivity contribution in [2.24, 2.45) is 0 Å². The minimum Gasteiger partial charge on any atom is -0.345 e. The van der Waals surface area contributed by atoms with Crippen LogP contribution >= 0.6 is 27.5 Å². The van der Waals surface area contributed by atoms with Gasteiger partial charge in [0.1, 0.15) is 4.88 Å². The first-order valence-corrected chi connectivity index (χ1v) is 7.30.